The Labute approximate surface area is 154 Å². The Morgan fingerprint density at radius 3 is 1.73 bits per heavy atom. The van der Waals surface area contributed by atoms with E-state index in [9.17, 15) is 24.3 Å². The van der Waals surface area contributed by atoms with E-state index in [1.54, 1.807) is 12.2 Å². The molecule has 0 heterocycles. The van der Waals surface area contributed by atoms with Gasteiger partial charge >= 0.3 is 11.9 Å². The van der Waals surface area contributed by atoms with Gasteiger partial charge in [-0.15, -0.1) is 0 Å². The van der Waals surface area contributed by atoms with E-state index >= 15 is 0 Å². The predicted octanol–water partition coefficient (Wildman–Crippen LogP) is 2.85. The molecule has 1 unspecified atom stereocenters. The SMILES string of the molecule is CC/C=C/CCC(=O)N(C(=O)CC/C=C/CC)C(CC(=O)OC)C(=O)O. The van der Waals surface area contributed by atoms with Gasteiger partial charge in [-0.2, -0.15) is 0 Å². The molecular weight excluding hydrogens is 338 g/mol. The van der Waals surface area contributed by atoms with Crippen molar-refractivity contribution in [2.75, 3.05) is 7.11 Å². The molecule has 7 nitrogen and oxygen atoms in total. The minimum Gasteiger partial charge on any atom is -0.480 e. The molecule has 7 heteroatoms. The average molecular weight is 367 g/mol. The fourth-order valence-electron chi connectivity index (χ4n) is 2.24. The maximum absolute atomic E-state index is 12.5. The lowest BCUT2D eigenvalue weighted by molar-refractivity contribution is -0.161. The number of carbonyl (C=O) groups is 4. The molecule has 0 spiro atoms. The van der Waals surface area contributed by atoms with Gasteiger partial charge in [-0.05, 0) is 25.7 Å². The van der Waals surface area contributed by atoms with Gasteiger partial charge in [-0.25, -0.2) is 4.79 Å². The van der Waals surface area contributed by atoms with Gasteiger partial charge in [-0.3, -0.25) is 19.3 Å². The molecule has 0 rings (SSSR count). The zero-order chi connectivity index (χ0) is 19.9. The zero-order valence-electron chi connectivity index (χ0n) is 15.8. The molecule has 26 heavy (non-hydrogen) atoms. The normalized spacial score (nSPS) is 12.3. The second-order valence-electron chi connectivity index (χ2n) is 5.63. The van der Waals surface area contributed by atoms with Crippen LogP contribution in [0.15, 0.2) is 24.3 Å². The summed E-state index contributed by atoms with van der Waals surface area (Å²) < 4.78 is 4.49. The van der Waals surface area contributed by atoms with Crippen molar-refractivity contribution in [3.63, 3.8) is 0 Å². The van der Waals surface area contributed by atoms with Crippen LogP contribution in [0.2, 0.25) is 0 Å². The third-order valence-electron chi connectivity index (χ3n) is 3.58. The summed E-state index contributed by atoms with van der Waals surface area (Å²) in [5.41, 5.74) is 0. The van der Waals surface area contributed by atoms with Crippen molar-refractivity contribution in [3.05, 3.63) is 24.3 Å². The minimum absolute atomic E-state index is 0.00199. The number of esters is 1. The van der Waals surface area contributed by atoms with E-state index in [2.05, 4.69) is 4.74 Å². The summed E-state index contributed by atoms with van der Waals surface area (Å²) in [7, 11) is 1.13. The first-order chi connectivity index (χ1) is 12.4. The van der Waals surface area contributed by atoms with Crippen molar-refractivity contribution >= 4 is 23.8 Å². The van der Waals surface area contributed by atoms with E-state index in [1.807, 2.05) is 26.0 Å². The number of aliphatic carboxylic acids is 1. The maximum Gasteiger partial charge on any atom is 0.327 e. The summed E-state index contributed by atoms with van der Waals surface area (Å²) in [6.07, 6.45) is 9.25. The highest BCUT2D eigenvalue weighted by atomic mass is 16.5. The van der Waals surface area contributed by atoms with E-state index in [1.165, 1.54) is 0 Å². The second kappa shape index (κ2) is 13.8. The monoisotopic (exact) mass is 367 g/mol. The zero-order valence-corrected chi connectivity index (χ0v) is 15.8. The van der Waals surface area contributed by atoms with Crippen molar-refractivity contribution < 1.29 is 29.0 Å². The molecule has 2 amide bonds. The molecule has 0 saturated carbocycles. The van der Waals surface area contributed by atoms with Crippen LogP contribution in [0.5, 0.6) is 0 Å². The first-order valence-corrected chi connectivity index (χ1v) is 8.83. The summed E-state index contributed by atoms with van der Waals surface area (Å²) in [5.74, 6) is -3.41. The van der Waals surface area contributed by atoms with Crippen LogP contribution in [0, 0.1) is 0 Å². The van der Waals surface area contributed by atoms with Crippen LogP contribution in [0.3, 0.4) is 0 Å². The fraction of sp³-hybridized carbons (Fsp3) is 0.579. The topological polar surface area (TPSA) is 101 Å². The van der Waals surface area contributed by atoms with E-state index in [0.29, 0.717) is 17.7 Å². The van der Waals surface area contributed by atoms with E-state index < -0.39 is 36.2 Å². The predicted molar refractivity (Wildman–Crippen MR) is 97.2 cm³/mol. The second-order valence-corrected chi connectivity index (χ2v) is 5.63. The Balaban J connectivity index is 5.32. The number of allylic oxidation sites excluding steroid dienone is 4. The van der Waals surface area contributed by atoms with Crippen LogP contribution >= 0.6 is 0 Å². The van der Waals surface area contributed by atoms with Gasteiger partial charge in [0.15, 0.2) is 0 Å². The lowest BCUT2D eigenvalue weighted by Crippen LogP contribution is -2.49. The van der Waals surface area contributed by atoms with Crippen LogP contribution < -0.4 is 0 Å². The van der Waals surface area contributed by atoms with Crippen LogP contribution in [-0.2, 0) is 23.9 Å². The van der Waals surface area contributed by atoms with Crippen molar-refractivity contribution in [1.29, 1.82) is 0 Å². The van der Waals surface area contributed by atoms with Crippen molar-refractivity contribution in [2.45, 2.75) is 64.8 Å². The summed E-state index contributed by atoms with van der Waals surface area (Å²) in [6.45, 7) is 3.91. The largest absolute Gasteiger partial charge is 0.480 e. The van der Waals surface area contributed by atoms with Gasteiger partial charge < -0.3 is 9.84 Å². The molecule has 1 N–H and O–H groups in total. The third kappa shape index (κ3) is 9.15. The molecule has 0 bridgehead atoms. The smallest absolute Gasteiger partial charge is 0.327 e. The van der Waals surface area contributed by atoms with E-state index in [4.69, 9.17) is 0 Å². The number of imide groups is 1. The summed E-state index contributed by atoms with van der Waals surface area (Å²) in [6, 6.07) is -1.56. The lowest BCUT2D eigenvalue weighted by Gasteiger charge is -2.26. The molecule has 0 aromatic heterocycles. The molecule has 0 saturated heterocycles. The third-order valence-corrected chi connectivity index (χ3v) is 3.58. The highest BCUT2D eigenvalue weighted by Crippen LogP contribution is 2.13. The average Bonchev–Trinajstić information content (AvgIpc) is 2.61. The number of ether oxygens (including phenoxy) is 1. The molecule has 0 aliphatic heterocycles. The minimum atomic E-state index is -1.56. The standard InChI is InChI=1S/C19H29NO6/c1-4-6-8-10-12-16(21)20(17(22)13-11-9-7-5-2)15(19(24)25)14-18(23)26-3/h6-9,15H,4-5,10-14H2,1-3H3,(H,24,25)/b8-6+,9-7+. The molecule has 0 aliphatic rings. The van der Waals surface area contributed by atoms with Crippen LogP contribution in [-0.4, -0.2) is 46.9 Å². The highest BCUT2D eigenvalue weighted by Gasteiger charge is 2.35. The number of amides is 2. The number of hydrogen-bond acceptors (Lipinski definition) is 5. The molecular formula is C19H29NO6. The van der Waals surface area contributed by atoms with Gasteiger partial charge in [0, 0.05) is 12.8 Å². The maximum atomic E-state index is 12.5. The molecule has 0 aromatic carbocycles. The Morgan fingerprint density at radius 1 is 0.923 bits per heavy atom. The Bertz CT molecular complexity index is 508. The van der Waals surface area contributed by atoms with E-state index in [-0.39, 0.29) is 12.8 Å². The Morgan fingerprint density at radius 2 is 1.38 bits per heavy atom. The van der Waals surface area contributed by atoms with Gasteiger partial charge in [0.25, 0.3) is 0 Å². The number of methoxy groups -OCH3 is 1. The van der Waals surface area contributed by atoms with Gasteiger partial charge in [0.05, 0.1) is 13.5 Å². The lowest BCUT2D eigenvalue weighted by atomic mass is 10.1. The fourth-order valence-corrected chi connectivity index (χ4v) is 2.24. The summed E-state index contributed by atoms with van der Waals surface area (Å²) in [4.78, 5) is 48.8. The molecule has 0 fully saturated rings. The van der Waals surface area contributed by atoms with Crippen molar-refractivity contribution in [3.8, 4) is 0 Å². The van der Waals surface area contributed by atoms with Crippen LogP contribution in [0.1, 0.15) is 58.8 Å². The summed E-state index contributed by atoms with van der Waals surface area (Å²) >= 11 is 0. The van der Waals surface area contributed by atoms with E-state index in [0.717, 1.165) is 20.0 Å². The van der Waals surface area contributed by atoms with Gasteiger partial charge in [-0.1, -0.05) is 38.2 Å². The first-order valence-electron chi connectivity index (χ1n) is 8.83. The van der Waals surface area contributed by atoms with Crippen LogP contribution in [0.4, 0.5) is 0 Å². The summed E-state index contributed by atoms with van der Waals surface area (Å²) in [5, 5.41) is 9.42. The number of rotatable bonds is 12. The molecule has 146 valence electrons. The molecule has 0 aliphatic carbocycles. The molecule has 0 aromatic rings. The van der Waals surface area contributed by atoms with Crippen molar-refractivity contribution in [1.82, 2.24) is 4.90 Å². The first kappa shape index (κ1) is 23.6. The van der Waals surface area contributed by atoms with Crippen molar-refractivity contribution in [2.24, 2.45) is 0 Å². The highest BCUT2D eigenvalue weighted by molar-refractivity contribution is 6.00. The van der Waals surface area contributed by atoms with Gasteiger partial charge in [0.1, 0.15) is 6.04 Å². The Hall–Kier alpha value is -2.44. The number of carbonyl (C=O) groups excluding carboxylic acids is 3. The molecule has 0 radical (unpaired) electrons. The Kier molecular flexibility index (Phi) is 12.5. The quantitative estimate of drug-likeness (QED) is 0.420. The number of hydrogen-bond donors (Lipinski definition) is 1. The van der Waals surface area contributed by atoms with Crippen LogP contribution in [0.25, 0.3) is 0 Å². The number of carboxylic acids is 1. The van der Waals surface area contributed by atoms with Gasteiger partial charge in [0.2, 0.25) is 11.8 Å². The molecule has 1 atom stereocenters. The number of carboxylic acid groups (broad SMARTS) is 1. The number of nitrogens with zero attached hydrogens (tertiary/aromatic N) is 1.